The van der Waals surface area contributed by atoms with Crippen LogP contribution in [-0.4, -0.2) is 39.7 Å². The van der Waals surface area contributed by atoms with Crippen molar-refractivity contribution in [1.29, 1.82) is 0 Å². The zero-order valence-corrected chi connectivity index (χ0v) is 20.8. The molecule has 0 spiro atoms. The summed E-state index contributed by atoms with van der Waals surface area (Å²) in [6, 6.07) is 9.02. The van der Waals surface area contributed by atoms with E-state index < -0.39 is 36.1 Å². The van der Waals surface area contributed by atoms with Crippen LogP contribution in [-0.2, 0) is 22.2 Å². The molecule has 0 radical (unpaired) electrons. The number of rotatable bonds is 8. The van der Waals surface area contributed by atoms with Crippen LogP contribution in [0, 0.1) is 5.82 Å². The predicted molar refractivity (Wildman–Crippen MR) is 130 cm³/mol. The van der Waals surface area contributed by atoms with Gasteiger partial charge in [-0.15, -0.1) is 8.78 Å². The Morgan fingerprint density at radius 2 is 1.86 bits per heavy atom. The maximum absolute atomic E-state index is 15.3. The van der Waals surface area contributed by atoms with Crippen molar-refractivity contribution in [2.75, 3.05) is 11.9 Å². The summed E-state index contributed by atoms with van der Waals surface area (Å²) >= 11 is 0. The number of anilines is 1. The number of amides is 1. The van der Waals surface area contributed by atoms with Crippen molar-refractivity contribution in [2.24, 2.45) is 0 Å². The Balaban J connectivity index is 1.46. The van der Waals surface area contributed by atoms with Crippen molar-refractivity contribution in [3.05, 3.63) is 53.5 Å². The first-order valence-electron chi connectivity index (χ1n) is 12.2. The van der Waals surface area contributed by atoms with E-state index in [0.29, 0.717) is 29.3 Å². The van der Waals surface area contributed by atoms with E-state index in [4.69, 9.17) is 0 Å². The van der Waals surface area contributed by atoms with E-state index in [1.165, 1.54) is 18.2 Å². The third-order valence-electron chi connectivity index (χ3n) is 7.56. The normalized spacial score (nSPS) is 18.2. The number of alkyl halides is 2. The number of carbonyl (C=O) groups excluding carboxylic acids is 1. The minimum absolute atomic E-state index is 0.00300. The second kappa shape index (κ2) is 8.66. The van der Waals surface area contributed by atoms with Crippen LogP contribution >= 0.6 is 0 Å². The van der Waals surface area contributed by atoms with Gasteiger partial charge in [0.25, 0.3) is 0 Å². The zero-order chi connectivity index (χ0) is 26.8. The zero-order valence-electron chi connectivity index (χ0n) is 20.8. The van der Waals surface area contributed by atoms with Crippen LogP contribution in [0.15, 0.2) is 36.4 Å². The molecule has 1 amide bonds. The standard InChI is InChI=1S/C27H29F3N2O5/c1-4-25(2,3)23-10-15-9-19(18(28)12-20(15)32(23)13-17(34)14-33)31-24(35)26(7-8-26)16-5-6-21-22(11-16)37-27(29,30)36-21/h5-6,9-12,17,33-34H,4,7-8,13-14H2,1-3H3,(H,31,35). The lowest BCUT2D eigenvalue weighted by atomic mass is 9.86. The highest BCUT2D eigenvalue weighted by Gasteiger charge is 2.53. The van der Waals surface area contributed by atoms with Crippen molar-refractivity contribution in [1.82, 2.24) is 4.57 Å². The average molecular weight is 519 g/mol. The number of aromatic nitrogens is 1. The van der Waals surface area contributed by atoms with E-state index >= 15 is 4.39 Å². The second-order valence-corrected chi connectivity index (χ2v) is 10.5. The number of ether oxygens (including phenoxy) is 2. The molecule has 1 aromatic heterocycles. The number of halogens is 3. The molecule has 3 aromatic rings. The first-order chi connectivity index (χ1) is 17.4. The molecular weight excluding hydrogens is 489 g/mol. The van der Waals surface area contributed by atoms with Crippen LogP contribution in [0.2, 0.25) is 0 Å². The third-order valence-corrected chi connectivity index (χ3v) is 7.56. The Morgan fingerprint density at radius 3 is 2.51 bits per heavy atom. The van der Waals surface area contributed by atoms with Crippen molar-refractivity contribution < 1.29 is 37.7 Å². The molecule has 7 nitrogen and oxygen atoms in total. The van der Waals surface area contributed by atoms with Gasteiger partial charge >= 0.3 is 6.29 Å². The molecule has 10 heteroatoms. The van der Waals surface area contributed by atoms with E-state index in [2.05, 4.69) is 14.8 Å². The molecule has 2 aromatic carbocycles. The molecule has 1 unspecified atom stereocenters. The Hall–Kier alpha value is -3.24. The van der Waals surface area contributed by atoms with Gasteiger partial charge in [0.05, 0.1) is 35.9 Å². The summed E-state index contributed by atoms with van der Waals surface area (Å²) in [4.78, 5) is 13.3. The number of aliphatic hydroxyl groups is 2. The highest BCUT2D eigenvalue weighted by molar-refractivity contribution is 6.02. The minimum Gasteiger partial charge on any atom is -0.395 e. The van der Waals surface area contributed by atoms with E-state index in [1.807, 2.05) is 26.8 Å². The van der Waals surface area contributed by atoms with Gasteiger partial charge < -0.3 is 29.6 Å². The van der Waals surface area contributed by atoms with Gasteiger partial charge in [-0.25, -0.2) is 4.39 Å². The van der Waals surface area contributed by atoms with Crippen LogP contribution in [0.4, 0.5) is 18.9 Å². The first kappa shape index (κ1) is 25.4. The van der Waals surface area contributed by atoms with Gasteiger partial charge in [0, 0.05) is 22.6 Å². The molecular formula is C27H29F3N2O5. The SMILES string of the molecule is CCC(C)(C)c1cc2cc(NC(=O)C3(c4ccc5c(c4)OC(F)(F)O5)CC3)c(F)cc2n1CC(O)CO. The van der Waals surface area contributed by atoms with E-state index in [0.717, 1.165) is 12.1 Å². The lowest BCUT2D eigenvalue weighted by Gasteiger charge is -2.26. The molecule has 0 bridgehead atoms. The summed E-state index contributed by atoms with van der Waals surface area (Å²) in [5.74, 6) is -1.35. The predicted octanol–water partition coefficient (Wildman–Crippen LogP) is 4.81. The molecule has 3 N–H and O–H groups in total. The Kier molecular flexibility index (Phi) is 5.95. The number of nitrogens with zero attached hydrogens (tertiary/aromatic N) is 1. The maximum atomic E-state index is 15.3. The summed E-state index contributed by atoms with van der Waals surface area (Å²) in [6.07, 6.45) is -3.03. The van der Waals surface area contributed by atoms with Gasteiger partial charge in [-0.3, -0.25) is 4.79 Å². The molecule has 2 aliphatic rings. The van der Waals surface area contributed by atoms with Crippen molar-refractivity contribution in [3.8, 4) is 11.5 Å². The quantitative estimate of drug-likeness (QED) is 0.398. The lowest BCUT2D eigenvalue weighted by molar-refractivity contribution is -0.286. The Bertz CT molecular complexity index is 1380. The molecule has 1 saturated carbocycles. The van der Waals surface area contributed by atoms with Gasteiger partial charge in [-0.2, -0.15) is 0 Å². The average Bonchev–Trinajstić information content (AvgIpc) is 3.50. The Labute approximate surface area is 211 Å². The summed E-state index contributed by atoms with van der Waals surface area (Å²) in [5, 5.41) is 22.8. The van der Waals surface area contributed by atoms with Crippen LogP contribution in [0.3, 0.4) is 0 Å². The molecule has 1 aliphatic carbocycles. The van der Waals surface area contributed by atoms with Gasteiger partial charge in [-0.05, 0) is 49.1 Å². The fraction of sp³-hybridized carbons (Fsp3) is 0.444. The van der Waals surface area contributed by atoms with Gasteiger partial charge in [0.2, 0.25) is 5.91 Å². The molecule has 1 atom stereocenters. The molecule has 2 heterocycles. The van der Waals surface area contributed by atoms with Crippen LogP contribution in [0.1, 0.15) is 51.3 Å². The van der Waals surface area contributed by atoms with Crippen LogP contribution in [0.25, 0.3) is 10.9 Å². The van der Waals surface area contributed by atoms with Crippen molar-refractivity contribution in [3.63, 3.8) is 0 Å². The molecule has 1 aliphatic heterocycles. The largest absolute Gasteiger partial charge is 0.586 e. The summed E-state index contributed by atoms with van der Waals surface area (Å²) in [7, 11) is 0. The molecule has 37 heavy (non-hydrogen) atoms. The minimum atomic E-state index is -3.76. The van der Waals surface area contributed by atoms with E-state index in [9.17, 15) is 23.8 Å². The highest BCUT2D eigenvalue weighted by Crippen LogP contribution is 2.52. The third kappa shape index (κ3) is 4.42. The van der Waals surface area contributed by atoms with Gasteiger partial charge in [-0.1, -0.05) is 26.8 Å². The van der Waals surface area contributed by atoms with Crippen molar-refractivity contribution in [2.45, 2.75) is 69.8 Å². The Morgan fingerprint density at radius 1 is 1.16 bits per heavy atom. The fourth-order valence-corrected chi connectivity index (χ4v) is 4.85. The topological polar surface area (TPSA) is 93.0 Å². The monoisotopic (exact) mass is 518 g/mol. The molecule has 198 valence electrons. The highest BCUT2D eigenvalue weighted by atomic mass is 19.3. The van der Waals surface area contributed by atoms with E-state index in [-0.39, 0.29) is 29.1 Å². The van der Waals surface area contributed by atoms with E-state index in [1.54, 1.807) is 16.7 Å². The van der Waals surface area contributed by atoms with Crippen LogP contribution in [0.5, 0.6) is 11.5 Å². The number of benzene rings is 2. The van der Waals surface area contributed by atoms with Crippen molar-refractivity contribution >= 4 is 22.5 Å². The molecule has 5 rings (SSSR count). The number of carbonyl (C=O) groups is 1. The smallest absolute Gasteiger partial charge is 0.395 e. The molecule has 0 saturated heterocycles. The molecule has 1 fully saturated rings. The van der Waals surface area contributed by atoms with Gasteiger partial charge in [0.1, 0.15) is 5.82 Å². The maximum Gasteiger partial charge on any atom is 0.586 e. The fourth-order valence-electron chi connectivity index (χ4n) is 4.85. The number of fused-ring (bicyclic) bond motifs is 2. The number of hydrogen-bond acceptors (Lipinski definition) is 5. The second-order valence-electron chi connectivity index (χ2n) is 10.5. The number of hydrogen-bond donors (Lipinski definition) is 3. The summed E-state index contributed by atoms with van der Waals surface area (Å²) in [6.45, 7) is 5.78. The van der Waals surface area contributed by atoms with Crippen LogP contribution < -0.4 is 14.8 Å². The number of aliphatic hydroxyl groups excluding tert-OH is 2. The summed E-state index contributed by atoms with van der Waals surface area (Å²) < 4.78 is 52.9. The lowest BCUT2D eigenvalue weighted by Crippen LogP contribution is -2.28. The van der Waals surface area contributed by atoms with Gasteiger partial charge in [0.15, 0.2) is 11.5 Å². The summed E-state index contributed by atoms with van der Waals surface area (Å²) in [5.41, 5.74) is 0.625. The first-order valence-corrected chi connectivity index (χ1v) is 12.2. The number of nitrogens with one attached hydrogen (secondary N) is 1.